The monoisotopic (exact) mass is 217 g/mol. The summed E-state index contributed by atoms with van der Waals surface area (Å²) in [6.45, 7) is 0. The quantitative estimate of drug-likeness (QED) is 0.549. The van der Waals surface area contributed by atoms with E-state index in [4.69, 9.17) is 0 Å². The van der Waals surface area contributed by atoms with Crippen LogP contribution in [-0.2, 0) is 0 Å². The maximum absolute atomic E-state index is 4.64. The molecule has 79 valence electrons. The van der Waals surface area contributed by atoms with E-state index in [2.05, 4.69) is 34.6 Å². The molecule has 0 aliphatic carbocycles. The van der Waals surface area contributed by atoms with Crippen LogP contribution < -0.4 is 15.9 Å². The Morgan fingerprint density at radius 3 is 2.76 bits per heavy atom. The van der Waals surface area contributed by atoms with Crippen molar-refractivity contribution in [2.45, 2.75) is 0 Å². The van der Waals surface area contributed by atoms with Crippen molar-refractivity contribution >= 4 is 17.5 Å². The van der Waals surface area contributed by atoms with Crippen molar-refractivity contribution in [3.63, 3.8) is 0 Å². The van der Waals surface area contributed by atoms with E-state index in [9.17, 15) is 0 Å². The largest absolute Gasteiger partial charge is 0.256 e. The molecular formula is C15H9N2. The molecule has 0 N–H and O–H groups in total. The smallest absolute Gasteiger partial charge is 0.0723 e. The predicted molar refractivity (Wildman–Crippen MR) is 66.4 cm³/mol. The van der Waals surface area contributed by atoms with E-state index >= 15 is 0 Å². The van der Waals surface area contributed by atoms with Gasteiger partial charge in [0, 0.05) is 21.9 Å². The summed E-state index contributed by atoms with van der Waals surface area (Å²) < 4.78 is 0. The van der Waals surface area contributed by atoms with Gasteiger partial charge in [-0.3, -0.25) is 5.32 Å². The van der Waals surface area contributed by atoms with Crippen LogP contribution in [0.5, 0.6) is 0 Å². The van der Waals surface area contributed by atoms with Gasteiger partial charge >= 0.3 is 0 Å². The van der Waals surface area contributed by atoms with E-state index in [0.29, 0.717) is 0 Å². The van der Waals surface area contributed by atoms with Gasteiger partial charge < -0.3 is 0 Å². The van der Waals surface area contributed by atoms with E-state index in [1.165, 1.54) is 15.7 Å². The fourth-order valence-corrected chi connectivity index (χ4v) is 2.43. The molecule has 0 spiro atoms. The molecule has 0 bridgehead atoms. The Labute approximate surface area is 97.9 Å². The Kier molecular flexibility index (Phi) is 1.59. The molecule has 2 aliphatic rings. The zero-order valence-electron chi connectivity index (χ0n) is 9.09. The highest BCUT2D eigenvalue weighted by molar-refractivity contribution is 5.60. The Balaban J connectivity index is 2.38. The molecule has 2 heterocycles. The number of hydrogen-bond acceptors (Lipinski definition) is 1. The van der Waals surface area contributed by atoms with E-state index in [0.717, 1.165) is 16.7 Å². The number of fused-ring (bicyclic) bond motifs is 4. The van der Waals surface area contributed by atoms with E-state index in [1.807, 2.05) is 30.5 Å². The highest BCUT2D eigenvalue weighted by Gasteiger charge is 2.08. The summed E-state index contributed by atoms with van der Waals surface area (Å²) in [5.41, 5.74) is 2.07. The zero-order chi connectivity index (χ0) is 11.2. The fourth-order valence-electron chi connectivity index (χ4n) is 2.43. The van der Waals surface area contributed by atoms with Crippen LogP contribution in [0, 0.1) is 10.4 Å². The fraction of sp³-hybridized carbons (Fsp3) is 0. The molecule has 1 radical (unpaired) electrons. The van der Waals surface area contributed by atoms with E-state index in [-0.39, 0.29) is 0 Å². The zero-order valence-corrected chi connectivity index (χ0v) is 9.09. The van der Waals surface area contributed by atoms with E-state index in [1.54, 1.807) is 0 Å². The maximum Gasteiger partial charge on any atom is 0.0723 e. The first-order valence-electron chi connectivity index (χ1n) is 5.62. The second kappa shape index (κ2) is 3.08. The van der Waals surface area contributed by atoms with Crippen LogP contribution in [0.3, 0.4) is 0 Å². The second-order valence-corrected chi connectivity index (χ2v) is 4.16. The molecular weight excluding hydrogens is 208 g/mol. The molecule has 2 aliphatic heterocycles. The SMILES string of the molecule is C1=C[N]c2ccc3c(c2=C1)=c1ccccc1=N3. The van der Waals surface area contributed by atoms with Crippen molar-refractivity contribution in [1.82, 2.24) is 5.32 Å². The Hall–Kier alpha value is -2.35. The third-order valence-electron chi connectivity index (χ3n) is 3.18. The first kappa shape index (κ1) is 8.76. The summed E-state index contributed by atoms with van der Waals surface area (Å²) in [7, 11) is 0. The van der Waals surface area contributed by atoms with Crippen LogP contribution >= 0.6 is 0 Å². The molecule has 0 amide bonds. The number of nitrogens with zero attached hydrogens (tertiary/aromatic N) is 2. The van der Waals surface area contributed by atoms with Crippen LogP contribution in [-0.4, -0.2) is 0 Å². The van der Waals surface area contributed by atoms with Gasteiger partial charge in [-0.25, -0.2) is 4.99 Å². The Morgan fingerprint density at radius 1 is 0.882 bits per heavy atom. The van der Waals surface area contributed by atoms with E-state index < -0.39 is 0 Å². The second-order valence-electron chi connectivity index (χ2n) is 4.16. The maximum atomic E-state index is 4.64. The van der Waals surface area contributed by atoms with Gasteiger partial charge in [-0.1, -0.05) is 24.3 Å². The molecule has 4 rings (SSSR count). The minimum absolute atomic E-state index is 1.03. The molecule has 0 unspecified atom stereocenters. The lowest BCUT2D eigenvalue weighted by Crippen LogP contribution is -2.12. The number of para-hydroxylation sites is 1. The number of rotatable bonds is 0. The van der Waals surface area contributed by atoms with Gasteiger partial charge in [-0.15, -0.1) is 0 Å². The highest BCUT2D eigenvalue weighted by Crippen LogP contribution is 2.18. The van der Waals surface area contributed by atoms with Gasteiger partial charge in [0.05, 0.1) is 16.7 Å². The topological polar surface area (TPSA) is 26.5 Å². The van der Waals surface area contributed by atoms with Crippen molar-refractivity contribution in [3.05, 3.63) is 69.7 Å². The van der Waals surface area contributed by atoms with Crippen molar-refractivity contribution in [2.24, 2.45) is 4.99 Å². The summed E-state index contributed by atoms with van der Waals surface area (Å²) in [6, 6.07) is 12.3. The lowest BCUT2D eigenvalue weighted by Gasteiger charge is -2.04. The molecule has 0 fully saturated rings. The van der Waals surface area contributed by atoms with Crippen LogP contribution in [0.15, 0.2) is 53.7 Å². The lowest BCUT2D eigenvalue weighted by atomic mass is 10.1. The van der Waals surface area contributed by atoms with Gasteiger partial charge in [0.15, 0.2) is 0 Å². The summed E-state index contributed by atoms with van der Waals surface area (Å²) in [6.07, 6.45) is 5.91. The van der Waals surface area contributed by atoms with Crippen molar-refractivity contribution in [3.8, 4) is 0 Å². The molecule has 17 heavy (non-hydrogen) atoms. The Bertz CT molecular complexity index is 861. The van der Waals surface area contributed by atoms with Gasteiger partial charge in [0.1, 0.15) is 0 Å². The Morgan fingerprint density at radius 2 is 1.76 bits per heavy atom. The third kappa shape index (κ3) is 1.12. The molecule has 2 aromatic carbocycles. The van der Waals surface area contributed by atoms with Crippen molar-refractivity contribution in [2.75, 3.05) is 0 Å². The van der Waals surface area contributed by atoms with Crippen LogP contribution in [0.25, 0.3) is 6.08 Å². The average molecular weight is 217 g/mol. The minimum Gasteiger partial charge on any atom is -0.256 e. The minimum atomic E-state index is 1.03. The summed E-state index contributed by atoms with van der Waals surface area (Å²) in [4.78, 5) is 4.64. The van der Waals surface area contributed by atoms with Gasteiger partial charge in [-0.05, 0) is 24.3 Å². The molecule has 2 heteroatoms. The molecule has 2 aromatic rings. The number of allylic oxidation sites excluding steroid dienone is 1. The standard InChI is InChI=1S/C15H9N2/c1-2-6-13-11(4-1)15-10-5-3-9-16-12(10)7-8-14(15)17-13/h1-9H. The van der Waals surface area contributed by atoms with Crippen LogP contribution in [0.2, 0.25) is 0 Å². The summed E-state index contributed by atoms with van der Waals surface area (Å²) in [5.74, 6) is 0. The highest BCUT2D eigenvalue weighted by atomic mass is 14.8. The molecule has 2 nitrogen and oxygen atoms in total. The summed E-state index contributed by atoms with van der Waals surface area (Å²) in [5, 5.41) is 9.05. The van der Waals surface area contributed by atoms with Crippen LogP contribution in [0.1, 0.15) is 0 Å². The van der Waals surface area contributed by atoms with Crippen molar-refractivity contribution in [1.29, 1.82) is 0 Å². The van der Waals surface area contributed by atoms with Gasteiger partial charge in [0.25, 0.3) is 0 Å². The summed E-state index contributed by atoms with van der Waals surface area (Å²) >= 11 is 0. The average Bonchev–Trinajstić information content (AvgIpc) is 2.77. The first-order valence-corrected chi connectivity index (χ1v) is 5.62. The molecule has 0 saturated heterocycles. The third-order valence-corrected chi connectivity index (χ3v) is 3.18. The number of benzene rings is 2. The lowest BCUT2D eigenvalue weighted by molar-refractivity contribution is 1.15. The number of hydrogen-bond donors (Lipinski definition) is 0. The van der Waals surface area contributed by atoms with Crippen LogP contribution in [0.4, 0.5) is 11.4 Å². The first-order chi connectivity index (χ1) is 8.43. The molecule has 0 atom stereocenters. The van der Waals surface area contributed by atoms with Gasteiger partial charge in [0.2, 0.25) is 0 Å². The van der Waals surface area contributed by atoms with Gasteiger partial charge in [-0.2, -0.15) is 0 Å². The molecule has 0 aromatic heterocycles. The normalized spacial score (nSPS) is 13.9. The van der Waals surface area contributed by atoms with Crippen molar-refractivity contribution < 1.29 is 0 Å². The predicted octanol–water partition coefficient (Wildman–Crippen LogP) is 1.78. The molecule has 0 saturated carbocycles.